The van der Waals surface area contributed by atoms with Crippen LogP contribution in [0, 0.1) is 0 Å². The molecule has 0 aromatic heterocycles. The predicted octanol–water partition coefficient (Wildman–Crippen LogP) is 1.53. The second kappa shape index (κ2) is 11.3. The molecular weight excluding hydrogens is 390 g/mol. The van der Waals surface area contributed by atoms with Gasteiger partial charge in [0.2, 0.25) is 11.7 Å². The maximum atomic E-state index is 12.0. The van der Waals surface area contributed by atoms with Crippen LogP contribution in [0.5, 0.6) is 23.0 Å². The van der Waals surface area contributed by atoms with Crippen LogP contribution in [0.1, 0.15) is 11.1 Å². The Labute approximate surface area is 175 Å². The fourth-order valence-electron chi connectivity index (χ4n) is 2.56. The highest BCUT2D eigenvalue weighted by atomic mass is 16.5. The molecule has 0 aliphatic carbocycles. The van der Waals surface area contributed by atoms with Crippen molar-refractivity contribution in [3.05, 3.63) is 47.5 Å². The SMILES string of the molecule is COc1ccc(CC(=O)NCC(=O)N/N=C/c2cc(OC)c(OC)c(OC)c2)cc1. The third-order valence-corrected chi connectivity index (χ3v) is 4.06. The van der Waals surface area contributed by atoms with Crippen LogP contribution in [0.25, 0.3) is 0 Å². The zero-order valence-electron chi connectivity index (χ0n) is 17.4. The van der Waals surface area contributed by atoms with Crippen LogP contribution in [0.15, 0.2) is 41.5 Å². The van der Waals surface area contributed by atoms with Gasteiger partial charge in [0.1, 0.15) is 5.75 Å². The molecule has 2 amide bonds. The number of methoxy groups -OCH3 is 4. The van der Waals surface area contributed by atoms with Gasteiger partial charge >= 0.3 is 0 Å². The summed E-state index contributed by atoms with van der Waals surface area (Å²) in [4.78, 5) is 23.9. The number of carbonyl (C=O) groups is 2. The van der Waals surface area contributed by atoms with Crippen LogP contribution >= 0.6 is 0 Å². The molecule has 0 aliphatic rings. The van der Waals surface area contributed by atoms with E-state index in [0.29, 0.717) is 28.6 Å². The number of amides is 2. The fourth-order valence-corrected chi connectivity index (χ4v) is 2.56. The van der Waals surface area contributed by atoms with E-state index in [1.807, 2.05) is 0 Å². The molecule has 0 unspecified atom stereocenters. The lowest BCUT2D eigenvalue weighted by Crippen LogP contribution is -2.35. The van der Waals surface area contributed by atoms with Gasteiger partial charge in [0.15, 0.2) is 11.5 Å². The van der Waals surface area contributed by atoms with E-state index in [9.17, 15) is 9.59 Å². The minimum atomic E-state index is -0.457. The number of nitrogens with zero attached hydrogens (tertiary/aromatic N) is 1. The summed E-state index contributed by atoms with van der Waals surface area (Å²) in [5, 5.41) is 6.43. The Kier molecular flexibility index (Phi) is 8.49. The summed E-state index contributed by atoms with van der Waals surface area (Å²) in [6.45, 7) is -0.193. The zero-order chi connectivity index (χ0) is 21.9. The second-order valence-electron chi connectivity index (χ2n) is 6.05. The van der Waals surface area contributed by atoms with E-state index < -0.39 is 5.91 Å². The molecule has 0 fully saturated rings. The van der Waals surface area contributed by atoms with E-state index in [1.165, 1.54) is 27.5 Å². The first-order valence-electron chi connectivity index (χ1n) is 9.02. The average molecular weight is 415 g/mol. The topological polar surface area (TPSA) is 107 Å². The molecule has 0 saturated carbocycles. The van der Waals surface area contributed by atoms with Crippen LogP contribution < -0.4 is 29.7 Å². The standard InChI is InChI=1S/C21H25N3O6/c1-27-16-7-5-14(6-8-16)11-19(25)22-13-20(26)24-23-12-15-9-17(28-2)21(30-4)18(10-15)29-3/h5-10,12H,11,13H2,1-4H3,(H,22,25)(H,24,26)/b23-12+. The summed E-state index contributed by atoms with van der Waals surface area (Å²) >= 11 is 0. The Hall–Kier alpha value is -3.75. The summed E-state index contributed by atoms with van der Waals surface area (Å²) < 4.78 is 20.9. The summed E-state index contributed by atoms with van der Waals surface area (Å²) in [5.41, 5.74) is 3.80. The number of hydrazone groups is 1. The minimum Gasteiger partial charge on any atom is -0.497 e. The summed E-state index contributed by atoms with van der Waals surface area (Å²) in [6.07, 6.45) is 1.59. The fraction of sp³-hybridized carbons (Fsp3) is 0.286. The Morgan fingerprint density at radius 3 is 2.07 bits per heavy atom. The lowest BCUT2D eigenvalue weighted by Gasteiger charge is -2.12. The first-order chi connectivity index (χ1) is 14.5. The Bertz CT molecular complexity index is 871. The maximum absolute atomic E-state index is 12.0. The van der Waals surface area contributed by atoms with Gasteiger partial charge in [-0.25, -0.2) is 5.43 Å². The largest absolute Gasteiger partial charge is 0.497 e. The third-order valence-electron chi connectivity index (χ3n) is 4.06. The highest BCUT2D eigenvalue weighted by Crippen LogP contribution is 2.37. The molecule has 2 aromatic carbocycles. The zero-order valence-corrected chi connectivity index (χ0v) is 17.4. The summed E-state index contributed by atoms with van der Waals surface area (Å²) in [5.74, 6) is 1.38. The number of rotatable bonds is 10. The highest BCUT2D eigenvalue weighted by Gasteiger charge is 2.12. The van der Waals surface area contributed by atoms with Crippen molar-refractivity contribution in [2.45, 2.75) is 6.42 Å². The molecule has 9 heteroatoms. The smallest absolute Gasteiger partial charge is 0.259 e. The van der Waals surface area contributed by atoms with Crippen molar-refractivity contribution in [2.75, 3.05) is 35.0 Å². The first kappa shape index (κ1) is 22.5. The molecule has 30 heavy (non-hydrogen) atoms. The second-order valence-corrected chi connectivity index (χ2v) is 6.05. The van der Waals surface area contributed by atoms with Gasteiger partial charge in [-0.15, -0.1) is 0 Å². The van der Waals surface area contributed by atoms with Crippen LogP contribution in [0.2, 0.25) is 0 Å². The van der Waals surface area contributed by atoms with E-state index in [-0.39, 0.29) is 18.9 Å². The van der Waals surface area contributed by atoms with Crippen molar-refractivity contribution in [3.8, 4) is 23.0 Å². The normalized spacial score (nSPS) is 10.4. The molecule has 2 aromatic rings. The maximum Gasteiger partial charge on any atom is 0.259 e. The van der Waals surface area contributed by atoms with Gasteiger partial charge < -0.3 is 24.3 Å². The predicted molar refractivity (Wildman–Crippen MR) is 112 cm³/mol. The van der Waals surface area contributed by atoms with Crippen LogP contribution in [-0.4, -0.2) is 53.0 Å². The third kappa shape index (κ3) is 6.40. The summed E-state index contributed by atoms with van der Waals surface area (Å²) in [6, 6.07) is 10.5. The van der Waals surface area contributed by atoms with Gasteiger partial charge in [0.25, 0.3) is 5.91 Å². The highest BCUT2D eigenvalue weighted by molar-refractivity contribution is 5.87. The van der Waals surface area contributed by atoms with E-state index in [2.05, 4.69) is 15.8 Å². The lowest BCUT2D eigenvalue weighted by atomic mass is 10.1. The molecule has 0 radical (unpaired) electrons. The minimum absolute atomic E-state index is 0.159. The van der Waals surface area contributed by atoms with Gasteiger partial charge in [0, 0.05) is 5.56 Å². The van der Waals surface area contributed by atoms with Crippen LogP contribution in [0.4, 0.5) is 0 Å². The molecule has 0 heterocycles. The van der Waals surface area contributed by atoms with Crippen molar-refractivity contribution in [2.24, 2.45) is 5.10 Å². The Morgan fingerprint density at radius 2 is 1.53 bits per heavy atom. The molecule has 9 nitrogen and oxygen atoms in total. The van der Waals surface area contributed by atoms with Crippen molar-refractivity contribution in [1.29, 1.82) is 0 Å². The van der Waals surface area contributed by atoms with Crippen molar-refractivity contribution < 1.29 is 28.5 Å². The Balaban J connectivity index is 1.85. The number of hydrogen-bond donors (Lipinski definition) is 2. The quantitative estimate of drug-likeness (QED) is 0.450. The molecule has 160 valence electrons. The molecule has 0 bridgehead atoms. The Morgan fingerprint density at radius 1 is 0.900 bits per heavy atom. The van der Waals surface area contributed by atoms with Crippen LogP contribution in [0.3, 0.4) is 0 Å². The number of benzene rings is 2. The molecule has 0 spiro atoms. The average Bonchev–Trinajstić information content (AvgIpc) is 2.77. The number of hydrogen-bond acceptors (Lipinski definition) is 7. The lowest BCUT2D eigenvalue weighted by molar-refractivity contribution is -0.125. The van der Waals surface area contributed by atoms with E-state index >= 15 is 0 Å². The molecule has 0 saturated heterocycles. The number of carbonyl (C=O) groups excluding carboxylic acids is 2. The van der Waals surface area contributed by atoms with E-state index in [0.717, 1.165) is 5.56 Å². The van der Waals surface area contributed by atoms with E-state index in [1.54, 1.807) is 43.5 Å². The number of nitrogens with one attached hydrogen (secondary N) is 2. The molecule has 2 N–H and O–H groups in total. The monoisotopic (exact) mass is 415 g/mol. The van der Waals surface area contributed by atoms with Gasteiger partial charge in [-0.2, -0.15) is 5.10 Å². The molecular formula is C21H25N3O6. The van der Waals surface area contributed by atoms with Gasteiger partial charge in [0.05, 0.1) is 47.6 Å². The van der Waals surface area contributed by atoms with Gasteiger partial charge in [-0.05, 0) is 29.8 Å². The van der Waals surface area contributed by atoms with Crippen molar-refractivity contribution >= 4 is 18.0 Å². The van der Waals surface area contributed by atoms with Crippen molar-refractivity contribution in [1.82, 2.24) is 10.7 Å². The molecule has 0 atom stereocenters. The van der Waals surface area contributed by atoms with Gasteiger partial charge in [-0.3, -0.25) is 9.59 Å². The van der Waals surface area contributed by atoms with Crippen molar-refractivity contribution in [3.63, 3.8) is 0 Å². The van der Waals surface area contributed by atoms with Crippen LogP contribution in [-0.2, 0) is 16.0 Å². The molecule has 2 rings (SSSR count). The number of ether oxygens (including phenoxy) is 4. The van der Waals surface area contributed by atoms with Gasteiger partial charge in [-0.1, -0.05) is 12.1 Å². The molecule has 0 aliphatic heterocycles. The first-order valence-corrected chi connectivity index (χ1v) is 9.02. The van der Waals surface area contributed by atoms with E-state index in [4.69, 9.17) is 18.9 Å². The summed E-state index contributed by atoms with van der Waals surface area (Å²) in [7, 11) is 6.10.